The molecular formula is C29H31N3O. The summed E-state index contributed by atoms with van der Waals surface area (Å²) in [5.74, 6) is 0.586. The Morgan fingerprint density at radius 3 is 2.85 bits per heavy atom. The number of aliphatic hydroxyl groups is 1. The molecule has 0 aliphatic heterocycles. The van der Waals surface area contributed by atoms with Gasteiger partial charge in [-0.05, 0) is 86.6 Å². The quantitative estimate of drug-likeness (QED) is 0.505. The number of aliphatic hydroxyl groups excluding tert-OH is 1. The summed E-state index contributed by atoms with van der Waals surface area (Å²) in [6, 6.07) is 17.9. The van der Waals surface area contributed by atoms with Crippen molar-refractivity contribution in [1.29, 1.82) is 0 Å². The van der Waals surface area contributed by atoms with Crippen LogP contribution in [0.15, 0.2) is 72.2 Å². The zero-order valence-corrected chi connectivity index (χ0v) is 19.2. The molecule has 33 heavy (non-hydrogen) atoms. The van der Waals surface area contributed by atoms with Crippen LogP contribution in [0.25, 0.3) is 0 Å². The molecule has 1 saturated carbocycles. The van der Waals surface area contributed by atoms with Gasteiger partial charge in [-0.15, -0.1) is 0 Å². The maximum Gasteiger partial charge on any atom is 0.115 e. The lowest BCUT2D eigenvalue weighted by atomic mass is 9.56. The first kappa shape index (κ1) is 20.6. The molecule has 0 bridgehead atoms. The fraction of sp³-hybridized carbons (Fsp3) is 0.379. The summed E-state index contributed by atoms with van der Waals surface area (Å²) in [5, 5.41) is 14.0. The standard InChI is InChI=1S/C29H31N3O/c1-19-28(17-30-18-31-19)32-23-8-10-26-22(13-23)7-9-27-25-15-24(33)14-21(25)11-12-29(26,27)16-20-5-3-2-4-6-20/h2-6,8,10,13,17-18,21,24,32-33H,7,9,11-12,14-16H2,1H3. The van der Waals surface area contributed by atoms with Gasteiger partial charge in [0.05, 0.1) is 23.7 Å². The molecule has 1 fully saturated rings. The Morgan fingerprint density at radius 1 is 1.12 bits per heavy atom. The topological polar surface area (TPSA) is 58.0 Å². The van der Waals surface area contributed by atoms with E-state index in [0.29, 0.717) is 5.92 Å². The Balaban J connectivity index is 1.44. The maximum atomic E-state index is 10.5. The second-order valence-corrected chi connectivity index (χ2v) is 10.1. The predicted octanol–water partition coefficient (Wildman–Crippen LogP) is 5.82. The van der Waals surface area contributed by atoms with Crippen molar-refractivity contribution < 1.29 is 5.11 Å². The SMILES string of the molecule is Cc1ncncc1Nc1ccc2c(c1)CCC1=C3CC(O)CC3CCC12Cc1ccccc1. The molecule has 0 radical (unpaired) electrons. The van der Waals surface area contributed by atoms with Crippen LogP contribution >= 0.6 is 0 Å². The molecule has 3 unspecified atom stereocenters. The second kappa shape index (κ2) is 8.11. The zero-order chi connectivity index (χ0) is 22.4. The molecule has 3 aromatic rings. The normalized spacial score (nSPS) is 25.9. The van der Waals surface area contributed by atoms with Gasteiger partial charge in [0.2, 0.25) is 0 Å². The minimum absolute atomic E-state index is 0.0507. The van der Waals surface area contributed by atoms with E-state index in [4.69, 9.17) is 0 Å². The van der Waals surface area contributed by atoms with Gasteiger partial charge >= 0.3 is 0 Å². The van der Waals surface area contributed by atoms with Crippen LogP contribution < -0.4 is 5.32 Å². The lowest BCUT2D eigenvalue weighted by Gasteiger charge is -2.47. The summed E-state index contributed by atoms with van der Waals surface area (Å²) in [7, 11) is 0. The van der Waals surface area contributed by atoms with E-state index in [1.165, 1.54) is 29.5 Å². The van der Waals surface area contributed by atoms with Crippen molar-refractivity contribution in [2.24, 2.45) is 5.92 Å². The van der Waals surface area contributed by atoms with E-state index < -0.39 is 0 Å². The Hall–Kier alpha value is -2.98. The van der Waals surface area contributed by atoms with Crippen molar-refractivity contribution in [3.8, 4) is 0 Å². The van der Waals surface area contributed by atoms with Gasteiger partial charge in [-0.3, -0.25) is 0 Å². The van der Waals surface area contributed by atoms with E-state index in [0.717, 1.165) is 49.2 Å². The Kier molecular flexibility index (Phi) is 5.06. The van der Waals surface area contributed by atoms with Gasteiger partial charge in [-0.25, -0.2) is 9.97 Å². The number of aromatic nitrogens is 2. The van der Waals surface area contributed by atoms with E-state index in [2.05, 4.69) is 63.8 Å². The number of benzene rings is 2. The predicted molar refractivity (Wildman–Crippen MR) is 132 cm³/mol. The first-order valence-corrected chi connectivity index (χ1v) is 12.2. The van der Waals surface area contributed by atoms with Crippen LogP contribution in [0.1, 0.15) is 54.5 Å². The number of fused-ring (bicyclic) bond motifs is 4. The van der Waals surface area contributed by atoms with Crippen LogP contribution in [0.4, 0.5) is 11.4 Å². The van der Waals surface area contributed by atoms with E-state index in [1.807, 2.05) is 13.1 Å². The molecule has 3 atom stereocenters. The number of hydrogen-bond acceptors (Lipinski definition) is 4. The highest BCUT2D eigenvalue weighted by Gasteiger charge is 2.47. The molecule has 1 heterocycles. The summed E-state index contributed by atoms with van der Waals surface area (Å²) in [5.41, 5.74) is 10.6. The monoisotopic (exact) mass is 437 g/mol. The number of aryl methyl sites for hydroxylation is 2. The van der Waals surface area contributed by atoms with Crippen LogP contribution in [-0.4, -0.2) is 21.2 Å². The fourth-order valence-corrected chi connectivity index (χ4v) is 6.72. The van der Waals surface area contributed by atoms with Gasteiger partial charge in [0, 0.05) is 11.1 Å². The number of hydrogen-bond donors (Lipinski definition) is 2. The van der Waals surface area contributed by atoms with Gasteiger partial charge < -0.3 is 10.4 Å². The van der Waals surface area contributed by atoms with Gasteiger partial charge in [-0.1, -0.05) is 47.5 Å². The van der Waals surface area contributed by atoms with E-state index in [9.17, 15) is 5.11 Å². The van der Waals surface area contributed by atoms with Crippen molar-refractivity contribution in [2.45, 2.75) is 63.4 Å². The number of nitrogens with one attached hydrogen (secondary N) is 1. The first-order valence-electron chi connectivity index (χ1n) is 12.2. The average molecular weight is 438 g/mol. The van der Waals surface area contributed by atoms with Gasteiger partial charge in [-0.2, -0.15) is 0 Å². The zero-order valence-electron chi connectivity index (χ0n) is 19.2. The van der Waals surface area contributed by atoms with Crippen molar-refractivity contribution in [1.82, 2.24) is 9.97 Å². The molecule has 0 spiro atoms. The molecule has 0 saturated heterocycles. The molecule has 3 aliphatic carbocycles. The summed E-state index contributed by atoms with van der Waals surface area (Å²) in [4.78, 5) is 8.49. The highest BCUT2D eigenvalue weighted by molar-refractivity contribution is 5.64. The summed E-state index contributed by atoms with van der Waals surface area (Å²) >= 11 is 0. The molecule has 2 N–H and O–H groups in total. The van der Waals surface area contributed by atoms with Crippen molar-refractivity contribution in [3.63, 3.8) is 0 Å². The summed E-state index contributed by atoms with van der Waals surface area (Å²) in [6.07, 6.45) is 10.7. The summed E-state index contributed by atoms with van der Waals surface area (Å²) < 4.78 is 0. The molecule has 1 aromatic heterocycles. The molecule has 2 aromatic carbocycles. The number of anilines is 2. The Morgan fingerprint density at radius 2 is 2.00 bits per heavy atom. The summed E-state index contributed by atoms with van der Waals surface area (Å²) in [6.45, 7) is 2.00. The average Bonchev–Trinajstić information content (AvgIpc) is 3.21. The van der Waals surface area contributed by atoms with E-state index >= 15 is 0 Å². The highest BCUT2D eigenvalue weighted by Crippen LogP contribution is 2.56. The Bertz CT molecular complexity index is 1220. The molecule has 4 nitrogen and oxygen atoms in total. The van der Waals surface area contributed by atoms with Crippen LogP contribution in [0.5, 0.6) is 0 Å². The number of allylic oxidation sites excluding steroid dienone is 1. The van der Waals surface area contributed by atoms with Crippen LogP contribution in [0.2, 0.25) is 0 Å². The molecular weight excluding hydrogens is 406 g/mol. The van der Waals surface area contributed by atoms with Crippen LogP contribution in [0.3, 0.4) is 0 Å². The Labute approximate surface area is 195 Å². The molecule has 6 rings (SSSR count). The number of nitrogens with zero attached hydrogens (tertiary/aromatic N) is 2. The molecule has 4 heteroatoms. The molecule has 0 amide bonds. The van der Waals surface area contributed by atoms with Gasteiger partial charge in [0.1, 0.15) is 6.33 Å². The van der Waals surface area contributed by atoms with Crippen molar-refractivity contribution in [3.05, 3.63) is 94.6 Å². The smallest absolute Gasteiger partial charge is 0.115 e. The largest absolute Gasteiger partial charge is 0.393 e. The molecule has 168 valence electrons. The second-order valence-electron chi connectivity index (χ2n) is 10.1. The lowest BCUT2D eigenvalue weighted by molar-refractivity contribution is 0.177. The van der Waals surface area contributed by atoms with E-state index in [-0.39, 0.29) is 11.5 Å². The highest BCUT2D eigenvalue weighted by atomic mass is 16.3. The van der Waals surface area contributed by atoms with Crippen LogP contribution in [0, 0.1) is 12.8 Å². The van der Waals surface area contributed by atoms with Gasteiger partial charge in [0.15, 0.2) is 0 Å². The lowest BCUT2D eigenvalue weighted by Crippen LogP contribution is -2.40. The van der Waals surface area contributed by atoms with Crippen molar-refractivity contribution in [2.75, 3.05) is 5.32 Å². The minimum atomic E-state index is -0.158. The first-order chi connectivity index (χ1) is 16.1. The third kappa shape index (κ3) is 3.57. The minimum Gasteiger partial charge on any atom is -0.393 e. The maximum absolute atomic E-state index is 10.5. The van der Waals surface area contributed by atoms with Crippen LogP contribution in [-0.2, 0) is 18.3 Å². The molecule has 3 aliphatic rings. The van der Waals surface area contributed by atoms with Gasteiger partial charge in [0.25, 0.3) is 0 Å². The third-order valence-electron chi connectivity index (χ3n) is 8.19. The third-order valence-corrected chi connectivity index (χ3v) is 8.19. The fourth-order valence-electron chi connectivity index (χ4n) is 6.72. The number of rotatable bonds is 4. The van der Waals surface area contributed by atoms with E-state index in [1.54, 1.807) is 17.5 Å². The van der Waals surface area contributed by atoms with Crippen molar-refractivity contribution >= 4 is 11.4 Å².